The van der Waals surface area contributed by atoms with Crippen LogP contribution in [-0.4, -0.2) is 0 Å². The molecule has 0 unspecified atom stereocenters. The van der Waals surface area contributed by atoms with E-state index in [2.05, 4.69) is 146 Å². The number of hydrogen-bond donors (Lipinski definition) is 0. The molecule has 0 saturated heterocycles. The molecule has 0 fully saturated rings. The monoisotopic (exact) mass is 496 g/mol. The molecule has 172 valence electrons. The third kappa shape index (κ3) is 4.61. The van der Waals surface area contributed by atoms with Crippen LogP contribution in [0.25, 0.3) is 11.1 Å². The number of rotatable bonds is 4. The lowest BCUT2D eigenvalue weighted by Gasteiger charge is -2.07. The number of thiophene rings is 2. The summed E-state index contributed by atoms with van der Waals surface area (Å²) in [5.41, 5.74) is 7.54. The zero-order valence-electron chi connectivity index (χ0n) is 19.7. The van der Waals surface area contributed by atoms with Crippen molar-refractivity contribution in [1.29, 1.82) is 0 Å². The Morgan fingerprint density at radius 1 is 0.306 bits per heavy atom. The van der Waals surface area contributed by atoms with Gasteiger partial charge in [0.15, 0.2) is 0 Å². The fraction of sp³-hybridized carbons (Fsp3) is 0. The summed E-state index contributed by atoms with van der Waals surface area (Å²) in [5.74, 6) is 0. The van der Waals surface area contributed by atoms with E-state index >= 15 is 0 Å². The SMILES string of the molecule is c1ccc(C(c2ccccc2)=c2cc/c(=c3\ccc(=C(c4ccccc4)c4ccccc4)s3)s2)cc1. The molecule has 0 radical (unpaired) electrons. The lowest BCUT2D eigenvalue weighted by atomic mass is 9.98. The minimum absolute atomic E-state index is 1.24. The second-order valence-corrected chi connectivity index (χ2v) is 10.7. The molecule has 0 bridgehead atoms. The average Bonchev–Trinajstić information content (AvgIpc) is 3.62. The van der Waals surface area contributed by atoms with Gasteiger partial charge in [-0.15, -0.1) is 22.7 Å². The first-order valence-electron chi connectivity index (χ1n) is 12.0. The van der Waals surface area contributed by atoms with Gasteiger partial charge in [-0.3, -0.25) is 0 Å². The summed E-state index contributed by atoms with van der Waals surface area (Å²) in [5, 5.41) is 0. The normalized spacial score (nSPS) is 11.8. The van der Waals surface area contributed by atoms with Crippen molar-refractivity contribution >= 4 is 33.8 Å². The van der Waals surface area contributed by atoms with Crippen molar-refractivity contribution in [1.82, 2.24) is 0 Å². The highest BCUT2D eigenvalue weighted by molar-refractivity contribution is 7.11. The average molecular weight is 497 g/mol. The maximum absolute atomic E-state index is 2.27. The molecule has 0 atom stereocenters. The van der Waals surface area contributed by atoms with Crippen molar-refractivity contribution < 1.29 is 0 Å². The van der Waals surface area contributed by atoms with Crippen LogP contribution in [0.5, 0.6) is 0 Å². The molecule has 0 aliphatic carbocycles. The maximum atomic E-state index is 2.27. The first kappa shape index (κ1) is 22.5. The van der Waals surface area contributed by atoms with Gasteiger partial charge in [0.1, 0.15) is 0 Å². The van der Waals surface area contributed by atoms with Gasteiger partial charge in [-0.1, -0.05) is 121 Å². The molecule has 2 aromatic heterocycles. The lowest BCUT2D eigenvalue weighted by molar-refractivity contribution is 1.53. The van der Waals surface area contributed by atoms with E-state index in [9.17, 15) is 0 Å². The molecule has 6 aromatic rings. The molecule has 2 heterocycles. The third-order valence-corrected chi connectivity index (χ3v) is 8.60. The fourth-order valence-corrected chi connectivity index (χ4v) is 6.81. The largest absolute Gasteiger partial charge is 0.134 e. The van der Waals surface area contributed by atoms with Gasteiger partial charge >= 0.3 is 0 Å². The predicted octanol–water partition coefficient (Wildman–Crippen LogP) is 7.59. The van der Waals surface area contributed by atoms with Crippen LogP contribution in [0.1, 0.15) is 22.3 Å². The summed E-state index contributed by atoms with van der Waals surface area (Å²) < 4.78 is 5.16. The van der Waals surface area contributed by atoms with E-state index in [1.165, 1.54) is 51.5 Å². The van der Waals surface area contributed by atoms with Crippen LogP contribution < -0.4 is 9.06 Å². The topological polar surface area (TPSA) is 0 Å². The van der Waals surface area contributed by atoms with E-state index in [1.54, 1.807) is 0 Å². The Labute approximate surface area is 219 Å². The second kappa shape index (κ2) is 10.3. The molecule has 36 heavy (non-hydrogen) atoms. The molecule has 0 N–H and O–H groups in total. The van der Waals surface area contributed by atoms with Crippen LogP contribution in [0.15, 0.2) is 146 Å². The van der Waals surface area contributed by atoms with Crippen molar-refractivity contribution in [3.8, 4) is 0 Å². The quantitative estimate of drug-likeness (QED) is 0.236. The molecule has 6 rings (SSSR count). The molecule has 2 heteroatoms. The van der Waals surface area contributed by atoms with Crippen molar-refractivity contribution in [3.63, 3.8) is 0 Å². The Hall–Kier alpha value is -3.98. The number of benzene rings is 4. The molecule has 0 aliphatic rings. The van der Waals surface area contributed by atoms with Crippen LogP contribution in [0.4, 0.5) is 0 Å². The van der Waals surface area contributed by atoms with Gasteiger partial charge in [-0.05, 0) is 46.5 Å². The van der Waals surface area contributed by atoms with E-state index in [4.69, 9.17) is 0 Å². The van der Waals surface area contributed by atoms with Crippen LogP contribution >= 0.6 is 22.7 Å². The van der Waals surface area contributed by atoms with Crippen LogP contribution in [0.3, 0.4) is 0 Å². The molecular formula is C34H24S2. The van der Waals surface area contributed by atoms with Gasteiger partial charge < -0.3 is 0 Å². The smallest absolute Gasteiger partial charge is 0.0449 e. The lowest BCUT2D eigenvalue weighted by Crippen LogP contribution is -2.02. The van der Waals surface area contributed by atoms with Gasteiger partial charge in [0.2, 0.25) is 0 Å². The van der Waals surface area contributed by atoms with Gasteiger partial charge in [-0.2, -0.15) is 0 Å². The minimum atomic E-state index is 1.24. The van der Waals surface area contributed by atoms with Gasteiger partial charge in [0, 0.05) is 29.3 Å². The highest BCUT2D eigenvalue weighted by Crippen LogP contribution is 2.23. The van der Waals surface area contributed by atoms with E-state index in [1.807, 2.05) is 22.7 Å². The van der Waals surface area contributed by atoms with Crippen LogP contribution in [-0.2, 0) is 0 Å². The first-order chi connectivity index (χ1) is 17.9. The molecule has 0 aliphatic heterocycles. The van der Waals surface area contributed by atoms with Crippen molar-refractivity contribution in [2.75, 3.05) is 0 Å². The zero-order chi connectivity index (χ0) is 24.2. The van der Waals surface area contributed by atoms with Crippen LogP contribution in [0.2, 0.25) is 0 Å². The molecule has 0 spiro atoms. The zero-order valence-corrected chi connectivity index (χ0v) is 21.3. The predicted molar refractivity (Wildman–Crippen MR) is 155 cm³/mol. The van der Waals surface area contributed by atoms with Crippen molar-refractivity contribution in [2.45, 2.75) is 0 Å². The number of hydrogen-bond acceptors (Lipinski definition) is 2. The molecular weight excluding hydrogens is 473 g/mol. The fourth-order valence-electron chi connectivity index (χ4n) is 4.53. The first-order valence-corrected chi connectivity index (χ1v) is 13.7. The van der Waals surface area contributed by atoms with Gasteiger partial charge in [0.25, 0.3) is 0 Å². The summed E-state index contributed by atoms with van der Waals surface area (Å²) in [6.45, 7) is 0. The Morgan fingerprint density at radius 2 is 0.583 bits per heavy atom. The summed E-state index contributed by atoms with van der Waals surface area (Å²) in [6, 6.07) is 51.9. The molecule has 0 nitrogen and oxygen atoms in total. The summed E-state index contributed by atoms with van der Waals surface area (Å²) in [4.78, 5) is 0. The molecule has 0 saturated carbocycles. The van der Waals surface area contributed by atoms with Crippen molar-refractivity contribution in [2.24, 2.45) is 0 Å². The highest BCUT2D eigenvalue weighted by Gasteiger charge is 2.08. The van der Waals surface area contributed by atoms with E-state index in [0.717, 1.165) is 0 Å². The third-order valence-electron chi connectivity index (χ3n) is 6.20. The Balaban J connectivity index is 1.61. The Morgan fingerprint density at radius 3 is 0.861 bits per heavy atom. The Bertz CT molecular complexity index is 1580. The maximum Gasteiger partial charge on any atom is 0.0449 e. The van der Waals surface area contributed by atoms with Gasteiger partial charge in [-0.25, -0.2) is 0 Å². The van der Waals surface area contributed by atoms with E-state index in [-0.39, 0.29) is 0 Å². The second-order valence-electron chi connectivity index (χ2n) is 8.54. The summed E-state index contributed by atoms with van der Waals surface area (Å²) in [7, 11) is 0. The highest BCUT2D eigenvalue weighted by atomic mass is 32.1. The van der Waals surface area contributed by atoms with E-state index < -0.39 is 0 Å². The summed E-state index contributed by atoms with van der Waals surface area (Å²) in [6.07, 6.45) is 0. The van der Waals surface area contributed by atoms with E-state index in [0.29, 0.717) is 0 Å². The van der Waals surface area contributed by atoms with Gasteiger partial charge in [0.05, 0.1) is 0 Å². The molecule has 4 aromatic carbocycles. The van der Waals surface area contributed by atoms with Crippen LogP contribution in [0, 0.1) is 9.06 Å². The summed E-state index contributed by atoms with van der Waals surface area (Å²) >= 11 is 3.73. The minimum Gasteiger partial charge on any atom is -0.134 e. The van der Waals surface area contributed by atoms with Crippen molar-refractivity contribution in [3.05, 3.63) is 186 Å². The molecule has 0 amide bonds. The Kier molecular flexibility index (Phi) is 6.45. The standard InChI is InChI=1S/C34H24S2/c1-5-13-25(14-6-1)33(26-15-7-2-8-16-26)31-23-21-29(35-31)30-22-24-32(36-30)34(27-17-9-3-10-18-27)28-19-11-4-12-20-28/h1-24H/b30-29-.